The van der Waals surface area contributed by atoms with E-state index in [1.807, 2.05) is 52.9 Å². The van der Waals surface area contributed by atoms with E-state index in [0.717, 1.165) is 11.6 Å². The maximum absolute atomic E-state index is 14.6. The summed E-state index contributed by atoms with van der Waals surface area (Å²) in [4.78, 5) is 11.4. The molecule has 2 heterocycles. The Morgan fingerprint density at radius 2 is 1.88 bits per heavy atom. The van der Waals surface area contributed by atoms with Crippen molar-refractivity contribution in [3.8, 4) is 11.4 Å². The zero-order valence-electron chi connectivity index (χ0n) is 19.2. The Hall–Kier alpha value is -2.34. The van der Waals surface area contributed by atoms with Gasteiger partial charge in [-0.2, -0.15) is 8.78 Å². The molecule has 0 unspecified atom stereocenters. The summed E-state index contributed by atoms with van der Waals surface area (Å²) in [6.07, 6.45) is 0.955. The maximum Gasteiger partial charge on any atom is 0.312 e. The molecule has 0 aliphatic rings. The zero-order chi connectivity index (χ0) is 24.9. The van der Waals surface area contributed by atoms with Crippen molar-refractivity contribution in [2.75, 3.05) is 6.61 Å². The molecule has 0 saturated carbocycles. The third-order valence-corrected chi connectivity index (χ3v) is 6.45. The monoisotopic (exact) mass is 588 g/mol. The summed E-state index contributed by atoms with van der Waals surface area (Å²) in [6, 6.07) is 10.9. The van der Waals surface area contributed by atoms with E-state index in [1.165, 1.54) is 20.8 Å². The second-order valence-corrected chi connectivity index (χ2v) is 10.2. The van der Waals surface area contributed by atoms with Gasteiger partial charge in [-0.05, 0) is 41.0 Å². The standard InChI is InChI=1S/C24H27F2IN2O5/c1-23(2,3)24(25,26)18-13-17(28-33-18)21-20(27)22(34-29-21)16(12-19(30)31)10-7-11-32-14-15-8-5-4-6-9-15/h4-6,8-9,13,16H,7,10-12,14H2,1-3H3,(H,30,31)/t16-/m0/s1. The molecule has 1 atom stereocenters. The van der Waals surface area contributed by atoms with Crippen molar-refractivity contribution in [3.05, 3.63) is 57.1 Å². The molecule has 1 aromatic carbocycles. The number of alkyl halides is 2. The summed E-state index contributed by atoms with van der Waals surface area (Å²) in [6.45, 7) is 5.16. The number of hydrogen-bond donors (Lipinski definition) is 1. The Balaban J connectivity index is 1.69. The first kappa shape index (κ1) is 26.3. The van der Waals surface area contributed by atoms with Gasteiger partial charge in [0.15, 0.2) is 5.76 Å². The van der Waals surface area contributed by atoms with E-state index < -0.39 is 29.0 Å². The molecule has 0 amide bonds. The van der Waals surface area contributed by atoms with Gasteiger partial charge in [-0.25, -0.2) is 0 Å². The molecule has 2 aromatic heterocycles. The van der Waals surface area contributed by atoms with E-state index in [-0.39, 0.29) is 17.8 Å². The van der Waals surface area contributed by atoms with Gasteiger partial charge in [0.05, 0.1) is 16.6 Å². The Bertz CT molecular complexity index is 1090. The molecule has 0 spiro atoms. The van der Waals surface area contributed by atoms with Gasteiger partial charge >= 0.3 is 11.9 Å². The number of benzene rings is 1. The van der Waals surface area contributed by atoms with Gasteiger partial charge in [0.25, 0.3) is 0 Å². The van der Waals surface area contributed by atoms with Crippen molar-refractivity contribution in [1.29, 1.82) is 0 Å². The predicted octanol–water partition coefficient (Wildman–Crippen LogP) is 6.63. The first-order chi connectivity index (χ1) is 16.0. The molecule has 0 fully saturated rings. The number of hydrogen-bond acceptors (Lipinski definition) is 6. The lowest BCUT2D eigenvalue weighted by Gasteiger charge is -2.27. The summed E-state index contributed by atoms with van der Waals surface area (Å²) in [7, 11) is 0. The van der Waals surface area contributed by atoms with Crippen molar-refractivity contribution in [2.24, 2.45) is 5.41 Å². The van der Waals surface area contributed by atoms with Crippen molar-refractivity contribution in [1.82, 2.24) is 10.3 Å². The molecule has 0 bridgehead atoms. The lowest BCUT2D eigenvalue weighted by Crippen LogP contribution is -2.30. The summed E-state index contributed by atoms with van der Waals surface area (Å²) in [5, 5.41) is 17.1. The van der Waals surface area contributed by atoms with Gasteiger partial charge in [0, 0.05) is 24.0 Å². The van der Waals surface area contributed by atoms with E-state index in [1.54, 1.807) is 0 Å². The minimum absolute atomic E-state index is 0.110. The van der Waals surface area contributed by atoms with Crippen LogP contribution in [-0.4, -0.2) is 28.0 Å². The average Bonchev–Trinajstić information content (AvgIpc) is 3.39. The lowest BCUT2D eigenvalue weighted by atomic mass is 9.86. The molecule has 184 valence electrons. The SMILES string of the molecule is CC(C)(C)C(F)(F)c1cc(-c2noc([C@@H](CCCOCc3ccccc3)CC(=O)O)c2I)no1. The normalized spacial score (nSPS) is 13.2. The number of aromatic nitrogens is 2. The second-order valence-electron chi connectivity index (χ2n) is 9.09. The van der Waals surface area contributed by atoms with Crippen molar-refractivity contribution < 1.29 is 32.5 Å². The van der Waals surface area contributed by atoms with Crippen LogP contribution in [0.2, 0.25) is 0 Å². The van der Waals surface area contributed by atoms with E-state index in [9.17, 15) is 18.7 Å². The molecule has 34 heavy (non-hydrogen) atoms. The highest BCUT2D eigenvalue weighted by molar-refractivity contribution is 14.1. The minimum atomic E-state index is -3.23. The molecule has 3 aromatic rings. The van der Waals surface area contributed by atoms with Crippen LogP contribution in [-0.2, 0) is 22.1 Å². The fourth-order valence-electron chi connectivity index (χ4n) is 3.34. The van der Waals surface area contributed by atoms with E-state index in [4.69, 9.17) is 13.8 Å². The Kier molecular flexibility index (Phi) is 8.45. The maximum atomic E-state index is 14.6. The van der Waals surface area contributed by atoms with Crippen LogP contribution >= 0.6 is 22.6 Å². The molecule has 10 heteroatoms. The highest BCUT2D eigenvalue weighted by Gasteiger charge is 2.48. The van der Waals surface area contributed by atoms with Gasteiger partial charge in [0.1, 0.15) is 11.4 Å². The van der Waals surface area contributed by atoms with Crippen molar-refractivity contribution in [2.45, 2.75) is 58.5 Å². The highest BCUT2D eigenvalue weighted by Crippen LogP contribution is 2.45. The predicted molar refractivity (Wildman–Crippen MR) is 128 cm³/mol. The van der Waals surface area contributed by atoms with Crippen molar-refractivity contribution >= 4 is 28.6 Å². The largest absolute Gasteiger partial charge is 0.481 e. The number of halogens is 3. The van der Waals surface area contributed by atoms with Gasteiger partial charge in [-0.1, -0.05) is 61.4 Å². The van der Waals surface area contributed by atoms with Crippen LogP contribution in [0.3, 0.4) is 0 Å². The van der Waals surface area contributed by atoms with Crippen LogP contribution < -0.4 is 0 Å². The number of carboxylic acids is 1. The van der Waals surface area contributed by atoms with Crippen LogP contribution in [0.15, 0.2) is 45.4 Å². The second kappa shape index (κ2) is 10.9. The Labute approximate surface area is 210 Å². The summed E-state index contributed by atoms with van der Waals surface area (Å²) >= 11 is 1.97. The number of nitrogens with zero attached hydrogens (tertiary/aromatic N) is 2. The minimum Gasteiger partial charge on any atom is -0.481 e. The topological polar surface area (TPSA) is 98.6 Å². The smallest absolute Gasteiger partial charge is 0.312 e. The molecule has 0 saturated heterocycles. The van der Waals surface area contributed by atoms with Crippen LogP contribution in [0.25, 0.3) is 11.4 Å². The number of aliphatic carboxylic acids is 1. The number of carboxylic acid groups (broad SMARTS) is 1. The van der Waals surface area contributed by atoms with Gasteiger partial charge in [0.2, 0.25) is 5.76 Å². The van der Waals surface area contributed by atoms with Crippen LogP contribution in [0.4, 0.5) is 8.78 Å². The molecule has 3 rings (SSSR count). The van der Waals surface area contributed by atoms with Crippen LogP contribution in [0.5, 0.6) is 0 Å². The molecule has 0 radical (unpaired) electrons. The first-order valence-electron chi connectivity index (χ1n) is 10.8. The molecule has 0 aliphatic heterocycles. The summed E-state index contributed by atoms with van der Waals surface area (Å²) in [5.41, 5.74) is 0.0498. The molecule has 0 aliphatic carbocycles. The Morgan fingerprint density at radius 1 is 1.18 bits per heavy atom. The number of rotatable bonds is 11. The third kappa shape index (κ3) is 6.21. The van der Waals surface area contributed by atoms with E-state index in [2.05, 4.69) is 10.3 Å². The number of carbonyl (C=O) groups is 1. The molecular formula is C24H27F2IN2O5. The number of ether oxygens (including phenoxy) is 1. The quantitative estimate of drug-likeness (QED) is 0.198. The van der Waals surface area contributed by atoms with Gasteiger partial charge in [-0.15, -0.1) is 0 Å². The van der Waals surface area contributed by atoms with Crippen LogP contribution in [0.1, 0.15) is 63.0 Å². The molecule has 1 N–H and O–H groups in total. The van der Waals surface area contributed by atoms with E-state index >= 15 is 0 Å². The summed E-state index contributed by atoms with van der Waals surface area (Å²) < 4.78 is 45.9. The summed E-state index contributed by atoms with van der Waals surface area (Å²) in [5.74, 6) is -4.84. The lowest BCUT2D eigenvalue weighted by molar-refractivity contribution is -0.137. The van der Waals surface area contributed by atoms with E-state index in [0.29, 0.717) is 35.4 Å². The zero-order valence-corrected chi connectivity index (χ0v) is 21.3. The highest BCUT2D eigenvalue weighted by atomic mass is 127. The van der Waals surface area contributed by atoms with Crippen LogP contribution in [0, 0.1) is 8.99 Å². The molecule has 7 nitrogen and oxygen atoms in total. The first-order valence-corrected chi connectivity index (χ1v) is 11.9. The van der Waals surface area contributed by atoms with Crippen molar-refractivity contribution in [3.63, 3.8) is 0 Å². The third-order valence-electron chi connectivity index (χ3n) is 5.41. The van der Waals surface area contributed by atoms with Gasteiger partial charge < -0.3 is 18.9 Å². The molecular weight excluding hydrogens is 561 g/mol. The van der Waals surface area contributed by atoms with Gasteiger partial charge in [-0.3, -0.25) is 4.79 Å². The fourth-order valence-corrected chi connectivity index (χ4v) is 4.26. The average molecular weight is 588 g/mol. The Morgan fingerprint density at radius 3 is 2.53 bits per heavy atom. The fraction of sp³-hybridized carbons (Fsp3) is 0.458.